The highest BCUT2D eigenvalue weighted by molar-refractivity contribution is 8.13. The van der Waals surface area contributed by atoms with Crippen LogP contribution in [0.5, 0.6) is 0 Å². The van der Waals surface area contributed by atoms with Gasteiger partial charge in [0.2, 0.25) is 0 Å². The van der Waals surface area contributed by atoms with E-state index in [1.54, 1.807) is 18.2 Å². The van der Waals surface area contributed by atoms with Crippen LogP contribution in [0.1, 0.15) is 38.1 Å². The van der Waals surface area contributed by atoms with E-state index in [0.29, 0.717) is 10.5 Å². The molecule has 0 aliphatic rings. The van der Waals surface area contributed by atoms with Crippen LogP contribution < -0.4 is 0 Å². The predicted octanol–water partition coefficient (Wildman–Crippen LogP) is 4.49. The summed E-state index contributed by atoms with van der Waals surface area (Å²) >= 11 is 1.06. The SMILES string of the molecule is CC(=O)Sc1ccccc1C(=O)O[Si](C)(C)C(C)(C)C. The number of hydrogen-bond acceptors (Lipinski definition) is 4. The Bertz CT molecular complexity index is 518. The maximum Gasteiger partial charge on any atom is 0.325 e. The summed E-state index contributed by atoms with van der Waals surface area (Å²) in [5.41, 5.74) is 0.470. The molecular formula is C15H22O3SSi. The van der Waals surface area contributed by atoms with Crippen molar-refractivity contribution in [3.05, 3.63) is 29.8 Å². The van der Waals surface area contributed by atoms with Crippen LogP contribution in [0.3, 0.4) is 0 Å². The van der Waals surface area contributed by atoms with E-state index >= 15 is 0 Å². The Labute approximate surface area is 126 Å². The van der Waals surface area contributed by atoms with E-state index in [-0.39, 0.29) is 16.1 Å². The van der Waals surface area contributed by atoms with Gasteiger partial charge in [0, 0.05) is 11.8 Å². The summed E-state index contributed by atoms with van der Waals surface area (Å²) in [6.07, 6.45) is 0. The molecule has 0 saturated carbocycles. The van der Waals surface area contributed by atoms with Crippen LogP contribution in [0, 0.1) is 0 Å². The molecule has 0 aliphatic carbocycles. The Morgan fingerprint density at radius 3 is 2.20 bits per heavy atom. The molecule has 0 spiro atoms. The minimum atomic E-state index is -2.16. The summed E-state index contributed by atoms with van der Waals surface area (Å²) < 4.78 is 5.79. The molecule has 0 bridgehead atoms. The first-order valence-electron chi connectivity index (χ1n) is 6.55. The van der Waals surface area contributed by atoms with Gasteiger partial charge in [-0.1, -0.05) is 44.7 Å². The molecule has 20 heavy (non-hydrogen) atoms. The number of benzene rings is 1. The standard InChI is InChI=1S/C15H22O3SSi/c1-11(16)19-13-10-8-7-9-12(13)14(17)18-20(5,6)15(2,3)4/h7-10H,1-6H3. The maximum atomic E-state index is 12.4. The van der Waals surface area contributed by atoms with Gasteiger partial charge < -0.3 is 4.43 Å². The molecule has 0 unspecified atom stereocenters. The van der Waals surface area contributed by atoms with Crippen LogP contribution in [0.25, 0.3) is 0 Å². The van der Waals surface area contributed by atoms with Gasteiger partial charge in [-0.2, -0.15) is 0 Å². The molecule has 3 nitrogen and oxygen atoms in total. The molecule has 1 rings (SSSR count). The van der Waals surface area contributed by atoms with E-state index in [9.17, 15) is 9.59 Å². The summed E-state index contributed by atoms with van der Waals surface area (Å²) in [6.45, 7) is 11.8. The van der Waals surface area contributed by atoms with E-state index in [0.717, 1.165) is 11.8 Å². The predicted molar refractivity (Wildman–Crippen MR) is 85.6 cm³/mol. The second-order valence-electron chi connectivity index (χ2n) is 6.24. The molecule has 0 atom stereocenters. The van der Waals surface area contributed by atoms with Gasteiger partial charge in [-0.3, -0.25) is 4.79 Å². The Morgan fingerprint density at radius 2 is 1.70 bits per heavy atom. The fourth-order valence-corrected chi connectivity index (χ4v) is 2.92. The maximum absolute atomic E-state index is 12.4. The Morgan fingerprint density at radius 1 is 1.15 bits per heavy atom. The second kappa shape index (κ2) is 6.14. The third-order valence-electron chi connectivity index (χ3n) is 3.51. The fourth-order valence-electron chi connectivity index (χ4n) is 1.32. The van der Waals surface area contributed by atoms with Crippen LogP contribution in [0.15, 0.2) is 29.2 Å². The van der Waals surface area contributed by atoms with E-state index < -0.39 is 8.32 Å². The van der Waals surface area contributed by atoms with Crippen molar-refractivity contribution < 1.29 is 14.0 Å². The summed E-state index contributed by atoms with van der Waals surface area (Å²) in [6, 6.07) is 7.08. The van der Waals surface area contributed by atoms with Gasteiger partial charge in [0.15, 0.2) is 5.12 Å². The van der Waals surface area contributed by atoms with Crippen LogP contribution in [-0.2, 0) is 9.22 Å². The molecule has 0 aromatic heterocycles. The van der Waals surface area contributed by atoms with Crippen molar-refractivity contribution in [2.75, 3.05) is 0 Å². The van der Waals surface area contributed by atoms with Crippen molar-refractivity contribution in [1.82, 2.24) is 0 Å². The molecule has 0 aliphatic heterocycles. The number of carbonyl (C=O) groups excluding carboxylic acids is 2. The van der Waals surface area contributed by atoms with Gasteiger partial charge in [-0.15, -0.1) is 0 Å². The number of thioether (sulfide) groups is 1. The molecule has 0 amide bonds. The van der Waals surface area contributed by atoms with Gasteiger partial charge in [0.05, 0.1) is 5.56 Å². The van der Waals surface area contributed by atoms with E-state index in [4.69, 9.17) is 4.43 Å². The van der Waals surface area contributed by atoms with Gasteiger partial charge in [-0.05, 0) is 30.3 Å². The summed E-state index contributed by atoms with van der Waals surface area (Å²) in [5.74, 6) is -0.332. The smallest absolute Gasteiger partial charge is 0.325 e. The highest BCUT2D eigenvalue weighted by Crippen LogP contribution is 2.37. The monoisotopic (exact) mass is 310 g/mol. The van der Waals surface area contributed by atoms with Crippen molar-refractivity contribution in [3.63, 3.8) is 0 Å². The Balaban J connectivity index is 3.02. The lowest BCUT2D eigenvalue weighted by molar-refractivity contribution is -0.109. The van der Waals surface area contributed by atoms with Crippen molar-refractivity contribution >= 4 is 31.2 Å². The Kier molecular flexibility index (Phi) is 5.21. The average Bonchev–Trinajstić information content (AvgIpc) is 2.26. The van der Waals surface area contributed by atoms with Crippen LogP contribution >= 0.6 is 11.8 Å². The lowest BCUT2D eigenvalue weighted by Crippen LogP contribution is -2.42. The fraction of sp³-hybridized carbons (Fsp3) is 0.467. The zero-order valence-corrected chi connectivity index (χ0v) is 14.8. The van der Waals surface area contributed by atoms with Gasteiger partial charge in [-0.25, -0.2) is 4.79 Å². The molecule has 0 saturated heterocycles. The number of rotatable bonds is 3. The average molecular weight is 310 g/mol. The summed E-state index contributed by atoms with van der Waals surface area (Å²) in [7, 11) is -2.16. The second-order valence-corrected chi connectivity index (χ2v) is 12.2. The highest BCUT2D eigenvalue weighted by Gasteiger charge is 2.40. The lowest BCUT2D eigenvalue weighted by Gasteiger charge is -2.35. The van der Waals surface area contributed by atoms with Crippen molar-refractivity contribution in [1.29, 1.82) is 0 Å². The molecule has 0 heterocycles. The van der Waals surface area contributed by atoms with Crippen molar-refractivity contribution in [2.24, 2.45) is 0 Å². The lowest BCUT2D eigenvalue weighted by atomic mass is 10.2. The number of hydrogen-bond donors (Lipinski definition) is 0. The minimum absolute atomic E-state index is 0.0364. The van der Waals surface area contributed by atoms with Crippen molar-refractivity contribution in [2.45, 2.75) is 50.7 Å². The van der Waals surface area contributed by atoms with E-state index in [1.165, 1.54) is 6.92 Å². The molecule has 110 valence electrons. The number of carbonyl (C=O) groups is 2. The van der Waals surface area contributed by atoms with E-state index in [2.05, 4.69) is 20.8 Å². The van der Waals surface area contributed by atoms with Gasteiger partial charge in [0.1, 0.15) is 0 Å². The third kappa shape index (κ3) is 4.21. The van der Waals surface area contributed by atoms with Crippen molar-refractivity contribution in [3.8, 4) is 0 Å². The summed E-state index contributed by atoms with van der Waals surface area (Å²) in [4.78, 5) is 24.3. The molecule has 0 fully saturated rings. The third-order valence-corrected chi connectivity index (χ3v) is 8.69. The molecule has 0 N–H and O–H groups in total. The van der Waals surface area contributed by atoms with E-state index in [1.807, 2.05) is 19.2 Å². The highest BCUT2D eigenvalue weighted by atomic mass is 32.2. The van der Waals surface area contributed by atoms with Crippen LogP contribution in [-0.4, -0.2) is 19.4 Å². The minimum Gasteiger partial charge on any atom is -0.516 e. The zero-order chi connectivity index (χ0) is 15.6. The quantitative estimate of drug-likeness (QED) is 0.609. The topological polar surface area (TPSA) is 43.4 Å². The molecule has 0 radical (unpaired) electrons. The summed E-state index contributed by atoms with van der Waals surface area (Å²) in [5, 5.41) is -0.0803. The first kappa shape index (κ1) is 17.0. The molecule has 5 heteroatoms. The molecular weight excluding hydrogens is 288 g/mol. The van der Waals surface area contributed by atoms with Crippen LogP contribution in [0.2, 0.25) is 18.1 Å². The zero-order valence-electron chi connectivity index (χ0n) is 12.9. The first-order valence-corrected chi connectivity index (χ1v) is 10.3. The molecule has 1 aromatic rings. The van der Waals surface area contributed by atoms with Gasteiger partial charge >= 0.3 is 5.97 Å². The normalized spacial score (nSPS) is 12.1. The first-order chi connectivity index (χ1) is 9.04. The largest absolute Gasteiger partial charge is 0.516 e. The molecule has 1 aromatic carbocycles. The Hall–Kier alpha value is -1.07. The van der Waals surface area contributed by atoms with Gasteiger partial charge in [0.25, 0.3) is 8.32 Å². The van der Waals surface area contributed by atoms with Crippen LogP contribution in [0.4, 0.5) is 0 Å².